The number of hydrogen-bond donors (Lipinski definition) is 2. The summed E-state index contributed by atoms with van der Waals surface area (Å²) in [7, 11) is 1.67. The molecule has 1 rings (SSSR count). The molecule has 0 bridgehead atoms. The van der Waals surface area contributed by atoms with Crippen molar-refractivity contribution in [2.75, 3.05) is 26.7 Å². The van der Waals surface area contributed by atoms with Crippen molar-refractivity contribution in [1.29, 1.82) is 0 Å². The van der Waals surface area contributed by atoms with Crippen LogP contribution in [0.3, 0.4) is 0 Å². The molecular weight excluding hydrogens is 166 g/mol. The van der Waals surface area contributed by atoms with Gasteiger partial charge in [0.05, 0.1) is 6.54 Å². The Balaban J connectivity index is 2.32. The highest BCUT2D eigenvalue weighted by molar-refractivity contribution is 5.77. The van der Waals surface area contributed by atoms with Crippen molar-refractivity contribution in [2.45, 2.75) is 25.3 Å². The molecule has 1 fully saturated rings. The minimum atomic E-state index is 0.0837. The first-order valence-corrected chi connectivity index (χ1v) is 4.92. The lowest BCUT2D eigenvalue weighted by molar-refractivity contribution is -0.122. The Bertz CT molecular complexity index is 168. The third-order valence-corrected chi connectivity index (χ3v) is 2.63. The van der Waals surface area contributed by atoms with Crippen LogP contribution in [-0.4, -0.2) is 43.5 Å². The van der Waals surface area contributed by atoms with E-state index in [2.05, 4.69) is 10.2 Å². The van der Waals surface area contributed by atoms with Crippen molar-refractivity contribution >= 4 is 5.91 Å². The van der Waals surface area contributed by atoms with Crippen LogP contribution < -0.4 is 11.1 Å². The highest BCUT2D eigenvalue weighted by Gasteiger charge is 2.25. The summed E-state index contributed by atoms with van der Waals surface area (Å²) in [6, 6.07) is 0.598. The molecule has 3 N–H and O–H groups in total. The molecular formula is C9H19N3O. The zero-order valence-electron chi connectivity index (χ0n) is 8.25. The molecule has 4 heteroatoms. The van der Waals surface area contributed by atoms with Gasteiger partial charge in [-0.3, -0.25) is 9.69 Å². The largest absolute Gasteiger partial charge is 0.358 e. The Labute approximate surface area is 79.5 Å². The summed E-state index contributed by atoms with van der Waals surface area (Å²) < 4.78 is 0. The Hall–Kier alpha value is -0.610. The monoisotopic (exact) mass is 185 g/mol. The minimum absolute atomic E-state index is 0.0837. The normalized spacial score (nSPS) is 17.2. The van der Waals surface area contributed by atoms with Gasteiger partial charge in [0.1, 0.15) is 0 Å². The van der Waals surface area contributed by atoms with E-state index in [1.807, 2.05) is 0 Å². The van der Waals surface area contributed by atoms with Crippen molar-refractivity contribution in [3.05, 3.63) is 0 Å². The van der Waals surface area contributed by atoms with Crippen LogP contribution in [0.15, 0.2) is 0 Å². The van der Waals surface area contributed by atoms with Crippen molar-refractivity contribution < 1.29 is 4.79 Å². The number of amides is 1. The van der Waals surface area contributed by atoms with Gasteiger partial charge in [0.25, 0.3) is 0 Å². The second kappa shape index (κ2) is 5.19. The molecule has 0 saturated heterocycles. The van der Waals surface area contributed by atoms with Gasteiger partial charge in [-0.25, -0.2) is 0 Å². The van der Waals surface area contributed by atoms with E-state index in [1.54, 1.807) is 7.05 Å². The average molecular weight is 185 g/mol. The summed E-state index contributed by atoms with van der Waals surface area (Å²) in [6.45, 7) is 1.96. The first-order valence-electron chi connectivity index (χ1n) is 4.92. The van der Waals surface area contributed by atoms with Crippen LogP contribution in [0.5, 0.6) is 0 Å². The van der Waals surface area contributed by atoms with E-state index in [-0.39, 0.29) is 5.91 Å². The van der Waals surface area contributed by atoms with E-state index in [0.717, 1.165) is 6.54 Å². The first-order chi connectivity index (χ1) is 6.27. The van der Waals surface area contributed by atoms with Crippen LogP contribution in [0.2, 0.25) is 0 Å². The summed E-state index contributed by atoms with van der Waals surface area (Å²) in [4.78, 5) is 13.3. The van der Waals surface area contributed by atoms with E-state index < -0.39 is 0 Å². The van der Waals surface area contributed by atoms with Crippen LogP contribution in [0, 0.1) is 0 Å². The lowest BCUT2D eigenvalue weighted by Crippen LogP contribution is -2.47. The van der Waals surface area contributed by atoms with Gasteiger partial charge in [-0.1, -0.05) is 6.42 Å². The smallest absolute Gasteiger partial charge is 0.233 e. The third kappa shape index (κ3) is 2.97. The van der Waals surface area contributed by atoms with Gasteiger partial charge in [-0.05, 0) is 12.8 Å². The second-order valence-electron chi connectivity index (χ2n) is 3.52. The molecule has 1 aliphatic carbocycles. The fourth-order valence-electron chi connectivity index (χ4n) is 1.57. The molecule has 0 heterocycles. The second-order valence-corrected chi connectivity index (χ2v) is 3.52. The Morgan fingerprint density at radius 2 is 2.31 bits per heavy atom. The molecule has 0 aromatic rings. The van der Waals surface area contributed by atoms with Crippen molar-refractivity contribution in [2.24, 2.45) is 5.73 Å². The number of nitrogens with one attached hydrogen (secondary N) is 1. The highest BCUT2D eigenvalue weighted by atomic mass is 16.1. The number of hydrogen-bond acceptors (Lipinski definition) is 3. The molecule has 1 amide bonds. The summed E-state index contributed by atoms with van der Waals surface area (Å²) in [6.07, 6.45) is 3.73. The van der Waals surface area contributed by atoms with Gasteiger partial charge < -0.3 is 11.1 Å². The average Bonchev–Trinajstić information content (AvgIpc) is 2.01. The number of carbonyl (C=O) groups excluding carboxylic acids is 1. The molecule has 76 valence electrons. The van der Waals surface area contributed by atoms with Crippen LogP contribution in [0.4, 0.5) is 0 Å². The lowest BCUT2D eigenvalue weighted by atomic mass is 9.91. The predicted octanol–water partition coefficient (Wildman–Crippen LogP) is -0.454. The number of nitrogens with two attached hydrogens (primary N) is 1. The van der Waals surface area contributed by atoms with Crippen molar-refractivity contribution in [1.82, 2.24) is 10.2 Å². The van der Waals surface area contributed by atoms with Gasteiger partial charge in [0, 0.05) is 26.2 Å². The maximum absolute atomic E-state index is 11.1. The third-order valence-electron chi connectivity index (χ3n) is 2.63. The van der Waals surface area contributed by atoms with Crippen molar-refractivity contribution in [3.8, 4) is 0 Å². The van der Waals surface area contributed by atoms with Gasteiger partial charge in [0.2, 0.25) is 5.91 Å². The van der Waals surface area contributed by atoms with Gasteiger partial charge in [0.15, 0.2) is 0 Å². The minimum Gasteiger partial charge on any atom is -0.358 e. The molecule has 0 radical (unpaired) electrons. The topological polar surface area (TPSA) is 58.4 Å². The Kier molecular flexibility index (Phi) is 4.18. The zero-order chi connectivity index (χ0) is 9.68. The molecule has 13 heavy (non-hydrogen) atoms. The maximum atomic E-state index is 11.1. The molecule has 1 saturated carbocycles. The SMILES string of the molecule is CNC(=O)CN(CCN)C1CCC1. The van der Waals surface area contributed by atoms with E-state index in [4.69, 9.17) is 5.73 Å². The molecule has 0 atom stereocenters. The first kappa shape index (κ1) is 10.5. The number of likely N-dealkylation sites (N-methyl/N-ethyl adjacent to an activating group) is 1. The Morgan fingerprint density at radius 1 is 1.62 bits per heavy atom. The molecule has 0 aliphatic heterocycles. The summed E-state index contributed by atoms with van der Waals surface area (Å²) >= 11 is 0. The molecule has 0 spiro atoms. The zero-order valence-corrected chi connectivity index (χ0v) is 8.25. The van der Waals surface area contributed by atoms with Crippen molar-refractivity contribution in [3.63, 3.8) is 0 Å². The van der Waals surface area contributed by atoms with E-state index in [0.29, 0.717) is 19.1 Å². The predicted molar refractivity (Wildman–Crippen MR) is 52.3 cm³/mol. The van der Waals surface area contributed by atoms with Gasteiger partial charge in [-0.2, -0.15) is 0 Å². The number of rotatable bonds is 5. The van der Waals surface area contributed by atoms with Crippen LogP contribution in [0.25, 0.3) is 0 Å². The number of nitrogens with zero attached hydrogens (tertiary/aromatic N) is 1. The molecule has 0 unspecified atom stereocenters. The van der Waals surface area contributed by atoms with E-state index >= 15 is 0 Å². The molecule has 1 aliphatic rings. The molecule has 4 nitrogen and oxygen atoms in total. The van der Waals surface area contributed by atoms with Crippen LogP contribution >= 0.6 is 0 Å². The maximum Gasteiger partial charge on any atom is 0.233 e. The Morgan fingerprint density at radius 3 is 2.69 bits per heavy atom. The van der Waals surface area contributed by atoms with Crippen LogP contribution in [-0.2, 0) is 4.79 Å². The highest BCUT2D eigenvalue weighted by Crippen LogP contribution is 2.23. The molecule has 0 aromatic carbocycles. The molecule has 0 aromatic heterocycles. The lowest BCUT2D eigenvalue weighted by Gasteiger charge is -2.36. The van der Waals surface area contributed by atoms with E-state index in [1.165, 1.54) is 19.3 Å². The van der Waals surface area contributed by atoms with E-state index in [9.17, 15) is 4.79 Å². The van der Waals surface area contributed by atoms with Crippen LogP contribution in [0.1, 0.15) is 19.3 Å². The quantitative estimate of drug-likeness (QED) is 0.609. The van der Waals surface area contributed by atoms with Gasteiger partial charge >= 0.3 is 0 Å². The summed E-state index contributed by atoms with van der Waals surface area (Å²) in [5.74, 6) is 0.0837. The fraction of sp³-hybridized carbons (Fsp3) is 0.889. The van der Waals surface area contributed by atoms with Gasteiger partial charge in [-0.15, -0.1) is 0 Å². The summed E-state index contributed by atoms with van der Waals surface area (Å²) in [5.41, 5.74) is 5.49. The summed E-state index contributed by atoms with van der Waals surface area (Å²) in [5, 5.41) is 2.64. The standard InChI is InChI=1S/C9H19N3O/c1-11-9(13)7-12(6-5-10)8-3-2-4-8/h8H,2-7,10H2,1H3,(H,11,13). The fourth-order valence-corrected chi connectivity index (χ4v) is 1.57. The number of carbonyl (C=O) groups is 1.